The zero-order valence-electron chi connectivity index (χ0n) is 8.53. The summed E-state index contributed by atoms with van der Waals surface area (Å²) in [5.74, 6) is -0.935. The summed E-state index contributed by atoms with van der Waals surface area (Å²) in [4.78, 5) is 20.2. The smallest absolute Gasteiger partial charge is 0.253 e. The first-order valence-corrected chi connectivity index (χ1v) is 5.41. The second-order valence-corrected chi connectivity index (χ2v) is 4.30. The number of alkyl halides is 2. The van der Waals surface area contributed by atoms with E-state index in [9.17, 15) is 19.8 Å². The van der Waals surface area contributed by atoms with Crippen molar-refractivity contribution in [2.75, 3.05) is 6.61 Å². The predicted molar refractivity (Wildman–Crippen MR) is 58.6 cm³/mol. The van der Waals surface area contributed by atoms with Crippen LogP contribution in [-0.2, 0) is 9.59 Å². The van der Waals surface area contributed by atoms with Crippen LogP contribution in [0.1, 0.15) is 0 Å². The van der Waals surface area contributed by atoms with E-state index in [1.54, 1.807) is 0 Å². The monoisotopic (exact) mass is 289 g/mol. The van der Waals surface area contributed by atoms with Gasteiger partial charge in [-0.2, -0.15) is 0 Å². The van der Waals surface area contributed by atoms with Crippen LogP contribution in [0.4, 0.5) is 0 Å². The highest BCUT2D eigenvalue weighted by molar-refractivity contribution is 6.53. The summed E-state index contributed by atoms with van der Waals surface area (Å²) in [5, 5.41) is 38.3. The summed E-state index contributed by atoms with van der Waals surface area (Å²) < 4.78 is 0. The third-order valence-electron chi connectivity index (χ3n) is 1.95. The van der Waals surface area contributed by atoms with Crippen molar-refractivity contribution in [2.45, 2.75) is 29.2 Å². The molecule has 9 heteroatoms. The molecule has 0 saturated heterocycles. The maximum absolute atomic E-state index is 11.0. The fraction of sp³-hybridized carbons (Fsp3) is 0.750. The number of amides is 1. The van der Waals surface area contributed by atoms with Crippen LogP contribution in [0.25, 0.3) is 0 Å². The molecule has 0 aromatic heterocycles. The summed E-state index contributed by atoms with van der Waals surface area (Å²) in [6.45, 7) is -0.814. The molecule has 0 aliphatic carbocycles. The predicted octanol–water partition coefficient (Wildman–Crippen LogP) is -2.45. The van der Waals surface area contributed by atoms with Crippen molar-refractivity contribution in [1.29, 1.82) is 0 Å². The van der Waals surface area contributed by atoms with Crippen molar-refractivity contribution in [2.24, 2.45) is 0 Å². The zero-order valence-corrected chi connectivity index (χ0v) is 10.0. The van der Waals surface area contributed by atoms with Gasteiger partial charge >= 0.3 is 0 Å². The topological polar surface area (TPSA) is 127 Å². The number of rotatable bonds is 7. The number of carbonyl (C=O) groups is 2. The Morgan fingerprint density at radius 2 is 1.76 bits per heavy atom. The van der Waals surface area contributed by atoms with E-state index in [2.05, 4.69) is 0 Å². The fourth-order valence-corrected chi connectivity index (χ4v) is 1.10. The van der Waals surface area contributed by atoms with E-state index < -0.39 is 41.7 Å². The van der Waals surface area contributed by atoms with Crippen LogP contribution in [0.15, 0.2) is 0 Å². The van der Waals surface area contributed by atoms with E-state index in [4.69, 9.17) is 33.4 Å². The van der Waals surface area contributed by atoms with Crippen molar-refractivity contribution >= 4 is 35.4 Å². The molecule has 0 spiro atoms. The second-order valence-electron chi connectivity index (χ2n) is 3.20. The van der Waals surface area contributed by atoms with Gasteiger partial charge in [0, 0.05) is 0 Å². The Balaban J connectivity index is 4.55. The quantitative estimate of drug-likeness (QED) is 0.262. The van der Waals surface area contributed by atoms with Gasteiger partial charge in [-0.05, 0) is 0 Å². The number of aliphatic hydroxyl groups is 4. The van der Waals surface area contributed by atoms with Gasteiger partial charge in [-0.1, -0.05) is 23.2 Å². The number of hydrogen-bond acceptors (Lipinski definition) is 6. The molecule has 0 bridgehead atoms. The van der Waals surface area contributed by atoms with Crippen LogP contribution >= 0.6 is 23.2 Å². The lowest BCUT2D eigenvalue weighted by molar-refractivity contribution is -0.130. The molecule has 100 valence electrons. The lowest BCUT2D eigenvalue weighted by Gasteiger charge is -2.26. The Kier molecular flexibility index (Phi) is 7.60. The summed E-state index contributed by atoms with van der Waals surface area (Å²) in [6, 6.07) is -1.50. The largest absolute Gasteiger partial charge is 0.394 e. The van der Waals surface area contributed by atoms with E-state index in [1.807, 2.05) is 5.32 Å². The maximum Gasteiger partial charge on any atom is 0.253 e. The van der Waals surface area contributed by atoms with Crippen molar-refractivity contribution in [3.8, 4) is 0 Å². The Morgan fingerprint density at radius 1 is 1.24 bits per heavy atom. The van der Waals surface area contributed by atoms with Crippen LogP contribution < -0.4 is 5.32 Å². The van der Waals surface area contributed by atoms with Gasteiger partial charge in [0.05, 0.1) is 6.61 Å². The highest BCUT2D eigenvalue weighted by Crippen LogP contribution is 2.06. The van der Waals surface area contributed by atoms with Crippen LogP contribution in [0.5, 0.6) is 0 Å². The molecule has 7 nitrogen and oxygen atoms in total. The second kappa shape index (κ2) is 7.80. The molecular weight excluding hydrogens is 277 g/mol. The molecule has 0 radical (unpaired) electrons. The molecule has 0 aliphatic heterocycles. The SMILES string of the molecule is O=C[C@H](NC(=O)C(Cl)Cl)[C@@H](O)[C@@H](O)[C@H](O)CO. The van der Waals surface area contributed by atoms with E-state index >= 15 is 0 Å². The van der Waals surface area contributed by atoms with E-state index in [1.165, 1.54) is 0 Å². The number of nitrogens with one attached hydrogen (secondary N) is 1. The van der Waals surface area contributed by atoms with E-state index in [-0.39, 0.29) is 6.29 Å². The molecule has 0 aliphatic rings. The van der Waals surface area contributed by atoms with Crippen molar-refractivity contribution < 1.29 is 30.0 Å². The summed E-state index contributed by atoms with van der Waals surface area (Å²) in [5.41, 5.74) is 0. The molecule has 0 aromatic carbocycles. The first kappa shape index (κ1) is 16.6. The summed E-state index contributed by atoms with van der Waals surface area (Å²) in [7, 11) is 0. The minimum atomic E-state index is -1.81. The van der Waals surface area contributed by atoms with Gasteiger partial charge in [0.15, 0.2) is 4.84 Å². The Morgan fingerprint density at radius 3 is 2.12 bits per heavy atom. The molecule has 0 fully saturated rings. The zero-order chi connectivity index (χ0) is 13.6. The van der Waals surface area contributed by atoms with Gasteiger partial charge in [0.2, 0.25) is 0 Å². The number of aldehydes is 1. The minimum absolute atomic E-state index is 0.145. The Labute approximate surface area is 107 Å². The van der Waals surface area contributed by atoms with E-state index in [0.29, 0.717) is 0 Å². The summed E-state index contributed by atoms with van der Waals surface area (Å²) >= 11 is 10.4. The molecular formula is C8H13Cl2NO6. The van der Waals surface area contributed by atoms with Gasteiger partial charge in [0.25, 0.3) is 5.91 Å². The first-order chi connectivity index (χ1) is 7.84. The van der Waals surface area contributed by atoms with Crippen LogP contribution in [0, 0.1) is 0 Å². The number of hydrogen-bond donors (Lipinski definition) is 5. The van der Waals surface area contributed by atoms with Crippen LogP contribution in [0.3, 0.4) is 0 Å². The average Bonchev–Trinajstić information content (AvgIpc) is 2.32. The minimum Gasteiger partial charge on any atom is -0.394 e. The molecule has 17 heavy (non-hydrogen) atoms. The normalized spacial score (nSPS) is 18.3. The summed E-state index contributed by atoms with van der Waals surface area (Å²) in [6.07, 6.45) is -5.11. The number of halogens is 2. The van der Waals surface area contributed by atoms with Crippen molar-refractivity contribution in [1.82, 2.24) is 5.32 Å². The van der Waals surface area contributed by atoms with Crippen LogP contribution in [0.2, 0.25) is 0 Å². The molecule has 0 unspecified atom stereocenters. The third kappa shape index (κ3) is 5.15. The number of aliphatic hydroxyl groups excluding tert-OH is 4. The van der Waals surface area contributed by atoms with Gasteiger partial charge in [0.1, 0.15) is 30.6 Å². The highest BCUT2D eigenvalue weighted by atomic mass is 35.5. The first-order valence-electron chi connectivity index (χ1n) is 4.54. The lowest BCUT2D eigenvalue weighted by atomic mass is 10.0. The number of carbonyl (C=O) groups excluding carboxylic acids is 2. The molecule has 0 heterocycles. The molecule has 0 saturated carbocycles. The van der Waals surface area contributed by atoms with Crippen molar-refractivity contribution in [3.05, 3.63) is 0 Å². The lowest BCUT2D eigenvalue weighted by Crippen LogP contribution is -2.54. The standard InChI is InChI=1S/C8H13Cl2NO6/c9-7(10)8(17)11-3(1-12)5(15)6(16)4(14)2-13/h1,3-7,13-16H,2H2,(H,11,17)/t3-,4+,5+,6-/m0/s1. The Hall–Kier alpha value is -0.440. The van der Waals surface area contributed by atoms with Gasteiger partial charge in [-0.15, -0.1) is 0 Å². The van der Waals surface area contributed by atoms with Gasteiger partial charge < -0.3 is 30.5 Å². The average molecular weight is 290 g/mol. The highest BCUT2D eigenvalue weighted by Gasteiger charge is 2.32. The molecule has 0 rings (SSSR count). The Bertz CT molecular complexity index is 264. The van der Waals surface area contributed by atoms with Gasteiger partial charge in [-0.3, -0.25) is 4.79 Å². The molecule has 0 aromatic rings. The maximum atomic E-state index is 11.0. The van der Waals surface area contributed by atoms with Gasteiger partial charge in [-0.25, -0.2) is 0 Å². The molecule has 1 amide bonds. The molecule has 4 atom stereocenters. The van der Waals surface area contributed by atoms with Crippen molar-refractivity contribution in [3.63, 3.8) is 0 Å². The fourth-order valence-electron chi connectivity index (χ4n) is 0.975. The molecule has 5 N–H and O–H groups in total. The van der Waals surface area contributed by atoms with E-state index in [0.717, 1.165) is 0 Å². The third-order valence-corrected chi connectivity index (χ3v) is 2.35. The van der Waals surface area contributed by atoms with Crippen LogP contribution in [-0.4, -0.2) is 68.4 Å².